The van der Waals surface area contributed by atoms with Crippen LogP contribution in [-0.2, 0) is 0 Å². The Hall–Kier alpha value is -2.70. The second kappa shape index (κ2) is 8.35. The van der Waals surface area contributed by atoms with Crippen molar-refractivity contribution < 1.29 is 4.79 Å². The quantitative estimate of drug-likeness (QED) is 0.720. The Labute approximate surface area is 176 Å². The minimum atomic E-state index is -0.0822. The smallest absolute Gasteiger partial charge is 0.293 e. The highest BCUT2D eigenvalue weighted by Crippen LogP contribution is 2.24. The van der Waals surface area contributed by atoms with Crippen molar-refractivity contribution in [1.29, 1.82) is 0 Å². The minimum Gasteiger partial charge on any atom is -0.334 e. The molecule has 2 fully saturated rings. The van der Waals surface area contributed by atoms with Crippen molar-refractivity contribution in [3.63, 3.8) is 0 Å². The lowest BCUT2D eigenvalue weighted by molar-refractivity contribution is 0.0736. The van der Waals surface area contributed by atoms with Gasteiger partial charge in [-0.15, -0.1) is 17.5 Å². The molecular weight excluding hydrogens is 386 g/mol. The van der Waals surface area contributed by atoms with Gasteiger partial charge >= 0.3 is 0 Å². The zero-order valence-corrected chi connectivity index (χ0v) is 16.9. The zero-order chi connectivity index (χ0) is 18.9. The lowest BCUT2D eigenvalue weighted by Crippen LogP contribution is -2.39. The van der Waals surface area contributed by atoms with Gasteiger partial charge in [0.25, 0.3) is 5.91 Å². The van der Waals surface area contributed by atoms with Crippen molar-refractivity contribution in [2.75, 3.05) is 13.1 Å². The van der Waals surface area contributed by atoms with Crippen molar-refractivity contribution in [3.05, 3.63) is 66.5 Å². The Kier molecular flexibility index (Phi) is 5.65. The molecule has 3 aromatic rings. The van der Waals surface area contributed by atoms with E-state index in [1.807, 2.05) is 65.6 Å². The number of nitrogens with one attached hydrogen (secondary N) is 1. The van der Waals surface area contributed by atoms with Gasteiger partial charge in [0, 0.05) is 30.7 Å². The van der Waals surface area contributed by atoms with E-state index in [0.29, 0.717) is 17.9 Å². The van der Waals surface area contributed by atoms with E-state index >= 15 is 0 Å². The van der Waals surface area contributed by atoms with E-state index < -0.39 is 0 Å². The van der Waals surface area contributed by atoms with Gasteiger partial charge in [-0.1, -0.05) is 48.5 Å². The van der Waals surface area contributed by atoms with Crippen LogP contribution in [0.3, 0.4) is 0 Å². The number of hydrogen-bond donors (Lipinski definition) is 1. The molecule has 1 N–H and O–H groups in total. The number of nitrogens with zero attached hydrogens (tertiary/aromatic N) is 4. The van der Waals surface area contributed by atoms with E-state index in [4.69, 9.17) is 0 Å². The number of rotatable bonds is 3. The molecular formula is C22H24ClN5O. The van der Waals surface area contributed by atoms with Gasteiger partial charge in [-0.05, 0) is 31.4 Å². The van der Waals surface area contributed by atoms with Crippen LogP contribution in [0.25, 0.3) is 17.1 Å². The number of aromatic nitrogens is 3. The number of amides is 1. The molecule has 6 nitrogen and oxygen atoms in total. The molecule has 2 atom stereocenters. The van der Waals surface area contributed by atoms with Crippen LogP contribution < -0.4 is 5.32 Å². The fourth-order valence-corrected chi connectivity index (χ4v) is 4.19. The standard InChI is InChI=1S/C22H23N5O.ClH/c28-22(26-14-13-17-11-12-18(15-26)23-17)20-24-21(16-7-3-1-4-8-16)27(25-20)19-9-5-2-6-10-19;/h1-10,17-18,23H,11-15H2;1H. The van der Waals surface area contributed by atoms with Crippen LogP contribution in [0.4, 0.5) is 0 Å². The van der Waals surface area contributed by atoms with Crippen LogP contribution in [0.2, 0.25) is 0 Å². The van der Waals surface area contributed by atoms with Gasteiger partial charge in [0.15, 0.2) is 5.82 Å². The van der Waals surface area contributed by atoms with E-state index in [1.54, 1.807) is 4.68 Å². The van der Waals surface area contributed by atoms with Crippen molar-refractivity contribution in [2.45, 2.75) is 31.3 Å². The van der Waals surface area contributed by atoms with Crippen molar-refractivity contribution in [1.82, 2.24) is 25.0 Å². The fraction of sp³-hybridized carbons (Fsp3) is 0.318. The first-order chi connectivity index (χ1) is 13.8. The Balaban J connectivity index is 0.00000205. The number of benzene rings is 2. The lowest BCUT2D eigenvalue weighted by atomic mass is 10.1. The van der Waals surface area contributed by atoms with Gasteiger partial charge < -0.3 is 10.2 Å². The molecule has 1 aromatic heterocycles. The molecule has 2 aliphatic rings. The summed E-state index contributed by atoms with van der Waals surface area (Å²) in [5.41, 5.74) is 1.83. The van der Waals surface area contributed by atoms with Crippen LogP contribution >= 0.6 is 12.4 Å². The van der Waals surface area contributed by atoms with Crippen LogP contribution in [0.15, 0.2) is 60.7 Å². The van der Waals surface area contributed by atoms with Gasteiger partial charge in [0.05, 0.1) is 5.69 Å². The van der Waals surface area contributed by atoms with Gasteiger partial charge in [0.2, 0.25) is 5.82 Å². The SMILES string of the molecule is Cl.O=C(c1nc(-c2ccccc2)n(-c2ccccc2)n1)N1CCC2CCC(C1)N2. The third kappa shape index (κ3) is 3.91. The summed E-state index contributed by atoms with van der Waals surface area (Å²) in [5.74, 6) is 0.867. The van der Waals surface area contributed by atoms with Crippen LogP contribution in [0, 0.1) is 0 Å². The van der Waals surface area contributed by atoms with Crippen molar-refractivity contribution in [3.8, 4) is 17.1 Å². The van der Waals surface area contributed by atoms with E-state index in [1.165, 1.54) is 6.42 Å². The minimum absolute atomic E-state index is 0. The molecule has 0 aliphatic carbocycles. The monoisotopic (exact) mass is 409 g/mol. The molecule has 0 saturated carbocycles. The number of fused-ring (bicyclic) bond motifs is 2. The second-order valence-electron chi connectivity index (χ2n) is 7.55. The molecule has 3 heterocycles. The molecule has 29 heavy (non-hydrogen) atoms. The van der Waals surface area contributed by atoms with E-state index in [0.717, 1.165) is 37.2 Å². The lowest BCUT2D eigenvalue weighted by Gasteiger charge is -2.22. The molecule has 7 heteroatoms. The largest absolute Gasteiger partial charge is 0.334 e. The Bertz CT molecular complexity index is 918. The third-order valence-corrected chi connectivity index (χ3v) is 5.64. The number of hydrogen-bond acceptors (Lipinski definition) is 4. The number of likely N-dealkylation sites (tertiary alicyclic amines) is 1. The molecule has 2 bridgehead atoms. The van der Waals surface area contributed by atoms with Crippen molar-refractivity contribution in [2.24, 2.45) is 0 Å². The second-order valence-corrected chi connectivity index (χ2v) is 7.55. The molecule has 0 radical (unpaired) electrons. The Morgan fingerprint density at radius 1 is 0.931 bits per heavy atom. The first-order valence-electron chi connectivity index (χ1n) is 9.91. The normalized spacial score (nSPS) is 20.8. The van der Waals surface area contributed by atoms with Gasteiger partial charge in [0.1, 0.15) is 0 Å². The van der Waals surface area contributed by atoms with Gasteiger partial charge in [-0.2, -0.15) is 0 Å². The number of para-hydroxylation sites is 1. The first-order valence-corrected chi connectivity index (χ1v) is 9.91. The number of carbonyl (C=O) groups is 1. The average molecular weight is 410 g/mol. The van der Waals surface area contributed by atoms with E-state index in [-0.39, 0.29) is 24.1 Å². The summed E-state index contributed by atoms with van der Waals surface area (Å²) in [6.45, 7) is 1.49. The maximum atomic E-state index is 13.2. The van der Waals surface area contributed by atoms with E-state index in [9.17, 15) is 4.79 Å². The molecule has 1 amide bonds. The van der Waals surface area contributed by atoms with E-state index in [2.05, 4.69) is 15.4 Å². The molecule has 2 aliphatic heterocycles. The fourth-order valence-electron chi connectivity index (χ4n) is 4.19. The summed E-state index contributed by atoms with van der Waals surface area (Å²) in [7, 11) is 0. The Morgan fingerprint density at radius 2 is 1.62 bits per heavy atom. The summed E-state index contributed by atoms with van der Waals surface area (Å²) in [6, 6.07) is 20.7. The maximum absolute atomic E-state index is 13.2. The summed E-state index contributed by atoms with van der Waals surface area (Å²) >= 11 is 0. The average Bonchev–Trinajstić information content (AvgIpc) is 3.32. The van der Waals surface area contributed by atoms with Crippen molar-refractivity contribution >= 4 is 18.3 Å². The highest BCUT2D eigenvalue weighted by molar-refractivity contribution is 5.91. The summed E-state index contributed by atoms with van der Waals surface area (Å²) < 4.78 is 1.77. The third-order valence-electron chi connectivity index (χ3n) is 5.64. The molecule has 2 aromatic carbocycles. The highest BCUT2D eigenvalue weighted by Gasteiger charge is 2.33. The highest BCUT2D eigenvalue weighted by atomic mass is 35.5. The molecule has 0 spiro atoms. The molecule has 2 unspecified atom stereocenters. The molecule has 5 rings (SSSR count). The van der Waals surface area contributed by atoms with Crippen LogP contribution in [0.5, 0.6) is 0 Å². The van der Waals surface area contributed by atoms with Crippen LogP contribution in [0.1, 0.15) is 29.9 Å². The van der Waals surface area contributed by atoms with Crippen LogP contribution in [-0.4, -0.2) is 50.7 Å². The topological polar surface area (TPSA) is 63.1 Å². The Morgan fingerprint density at radius 3 is 2.38 bits per heavy atom. The van der Waals surface area contributed by atoms with Gasteiger partial charge in [-0.25, -0.2) is 9.67 Å². The molecule has 150 valence electrons. The zero-order valence-electron chi connectivity index (χ0n) is 16.1. The summed E-state index contributed by atoms with van der Waals surface area (Å²) in [6.07, 6.45) is 3.34. The number of halogens is 1. The maximum Gasteiger partial charge on any atom is 0.293 e. The predicted octanol–water partition coefficient (Wildman–Crippen LogP) is 3.32. The number of carbonyl (C=O) groups excluding carboxylic acids is 1. The summed E-state index contributed by atoms with van der Waals surface area (Å²) in [5, 5.41) is 8.24. The first kappa shape index (κ1) is 19.6. The van der Waals surface area contributed by atoms with Gasteiger partial charge in [-0.3, -0.25) is 4.79 Å². The predicted molar refractivity (Wildman–Crippen MR) is 115 cm³/mol. The molecule has 2 saturated heterocycles. The summed E-state index contributed by atoms with van der Waals surface area (Å²) in [4.78, 5) is 19.8.